The van der Waals surface area contributed by atoms with Crippen LogP contribution in [0.4, 0.5) is 0 Å². The van der Waals surface area contributed by atoms with Crippen molar-refractivity contribution in [2.75, 3.05) is 0 Å². The first-order valence-electron chi connectivity index (χ1n) is 11.7. The fraction of sp³-hybridized carbons (Fsp3) is 0.357. The van der Waals surface area contributed by atoms with Crippen LogP contribution in [0.15, 0.2) is 66.8 Å². The molecular formula is C28H34N2O2. The van der Waals surface area contributed by atoms with E-state index >= 15 is 0 Å². The summed E-state index contributed by atoms with van der Waals surface area (Å²) in [5.41, 5.74) is 4.43. The fourth-order valence-electron chi connectivity index (χ4n) is 4.12. The van der Waals surface area contributed by atoms with E-state index in [0.29, 0.717) is 17.7 Å². The third-order valence-electron chi connectivity index (χ3n) is 5.83. The van der Waals surface area contributed by atoms with Gasteiger partial charge in [0.2, 0.25) is 0 Å². The van der Waals surface area contributed by atoms with E-state index in [1.165, 1.54) is 19.3 Å². The standard InChI is InChI=1S/C28H34N2O2/c1-3-9-22(10-4-2)23-15-17-24(18-16-23)27(31)29-20-21-11-8-12-25(19-21)28(32)30-26-13-6-5-7-14-26/h3,8-12,15-19,26H,4-7,13-14,20H2,1-2H3,(H,29,31)(H,30,32)/b9-3-,22-10+. The molecule has 4 nitrogen and oxygen atoms in total. The molecule has 1 aliphatic carbocycles. The van der Waals surface area contributed by atoms with Gasteiger partial charge < -0.3 is 10.6 Å². The molecule has 3 rings (SSSR count). The summed E-state index contributed by atoms with van der Waals surface area (Å²) < 4.78 is 0. The van der Waals surface area contributed by atoms with Crippen LogP contribution in [0.2, 0.25) is 0 Å². The van der Waals surface area contributed by atoms with E-state index in [-0.39, 0.29) is 17.9 Å². The zero-order chi connectivity index (χ0) is 22.8. The van der Waals surface area contributed by atoms with Gasteiger partial charge in [0.1, 0.15) is 0 Å². The predicted molar refractivity (Wildman–Crippen MR) is 131 cm³/mol. The molecule has 0 aromatic heterocycles. The van der Waals surface area contributed by atoms with Crippen LogP contribution in [0.1, 0.15) is 84.2 Å². The highest BCUT2D eigenvalue weighted by Crippen LogP contribution is 2.19. The molecule has 0 saturated heterocycles. The first-order chi connectivity index (χ1) is 15.6. The molecule has 2 amide bonds. The van der Waals surface area contributed by atoms with Crippen LogP contribution in [-0.4, -0.2) is 17.9 Å². The van der Waals surface area contributed by atoms with Crippen LogP contribution in [0.3, 0.4) is 0 Å². The molecule has 2 aromatic carbocycles. The van der Waals surface area contributed by atoms with E-state index in [9.17, 15) is 9.59 Å². The maximum atomic E-state index is 12.6. The van der Waals surface area contributed by atoms with Gasteiger partial charge in [0.25, 0.3) is 11.8 Å². The molecule has 0 spiro atoms. The van der Waals surface area contributed by atoms with Crippen LogP contribution in [-0.2, 0) is 6.54 Å². The van der Waals surface area contributed by atoms with Crippen molar-refractivity contribution >= 4 is 17.4 Å². The van der Waals surface area contributed by atoms with E-state index < -0.39 is 0 Å². The zero-order valence-electron chi connectivity index (χ0n) is 19.2. The summed E-state index contributed by atoms with van der Waals surface area (Å²) in [6.07, 6.45) is 13.0. The van der Waals surface area contributed by atoms with Crippen molar-refractivity contribution in [2.24, 2.45) is 0 Å². The lowest BCUT2D eigenvalue weighted by Gasteiger charge is -2.22. The largest absolute Gasteiger partial charge is 0.349 e. The van der Waals surface area contributed by atoms with Crippen molar-refractivity contribution < 1.29 is 9.59 Å². The second-order valence-electron chi connectivity index (χ2n) is 8.34. The Labute approximate surface area is 191 Å². The van der Waals surface area contributed by atoms with E-state index in [1.807, 2.05) is 61.5 Å². The maximum absolute atomic E-state index is 12.6. The molecule has 0 atom stereocenters. The SMILES string of the molecule is C/C=C\C(=C/CC)c1ccc(C(=O)NCc2cccc(C(=O)NC3CCCCC3)c2)cc1. The number of rotatable bonds is 8. The van der Waals surface area contributed by atoms with Crippen molar-refractivity contribution in [2.45, 2.75) is 65.0 Å². The third kappa shape index (κ3) is 6.68. The third-order valence-corrected chi connectivity index (χ3v) is 5.83. The van der Waals surface area contributed by atoms with Gasteiger partial charge >= 0.3 is 0 Å². The molecule has 0 unspecified atom stereocenters. The molecule has 2 aromatic rings. The molecule has 0 aliphatic heterocycles. The predicted octanol–water partition coefficient (Wildman–Crippen LogP) is 6.05. The lowest BCUT2D eigenvalue weighted by Crippen LogP contribution is -2.36. The molecule has 1 aliphatic rings. The quantitative estimate of drug-likeness (QED) is 0.501. The van der Waals surface area contributed by atoms with E-state index in [2.05, 4.69) is 29.7 Å². The van der Waals surface area contributed by atoms with Gasteiger partial charge in [-0.05, 0) is 67.2 Å². The Morgan fingerprint density at radius 3 is 2.34 bits per heavy atom. The minimum Gasteiger partial charge on any atom is -0.349 e. The molecule has 4 heteroatoms. The number of carbonyl (C=O) groups excluding carboxylic acids is 2. The summed E-state index contributed by atoms with van der Waals surface area (Å²) in [4.78, 5) is 25.2. The average molecular weight is 431 g/mol. The highest BCUT2D eigenvalue weighted by atomic mass is 16.2. The monoisotopic (exact) mass is 430 g/mol. The Kier molecular flexibility index (Phi) is 8.85. The second kappa shape index (κ2) is 12.0. The lowest BCUT2D eigenvalue weighted by molar-refractivity contribution is 0.0926. The Balaban J connectivity index is 1.58. The average Bonchev–Trinajstić information content (AvgIpc) is 2.83. The molecule has 32 heavy (non-hydrogen) atoms. The minimum atomic E-state index is -0.124. The van der Waals surface area contributed by atoms with Gasteiger partial charge in [-0.1, -0.05) is 68.7 Å². The van der Waals surface area contributed by atoms with Crippen LogP contribution < -0.4 is 10.6 Å². The van der Waals surface area contributed by atoms with Gasteiger partial charge in [0, 0.05) is 23.7 Å². The molecule has 1 saturated carbocycles. The zero-order valence-corrected chi connectivity index (χ0v) is 19.2. The highest BCUT2D eigenvalue weighted by molar-refractivity contribution is 5.95. The van der Waals surface area contributed by atoms with Crippen LogP contribution in [0.5, 0.6) is 0 Å². The van der Waals surface area contributed by atoms with Crippen molar-refractivity contribution in [3.63, 3.8) is 0 Å². The van der Waals surface area contributed by atoms with Gasteiger partial charge in [0.05, 0.1) is 0 Å². The van der Waals surface area contributed by atoms with Gasteiger partial charge in [0.15, 0.2) is 0 Å². The summed E-state index contributed by atoms with van der Waals surface area (Å²) in [6, 6.07) is 15.4. The molecular weight excluding hydrogens is 396 g/mol. The molecule has 1 fully saturated rings. The van der Waals surface area contributed by atoms with E-state index in [1.54, 1.807) is 0 Å². The van der Waals surface area contributed by atoms with Crippen LogP contribution in [0.25, 0.3) is 5.57 Å². The van der Waals surface area contributed by atoms with E-state index in [4.69, 9.17) is 0 Å². The summed E-state index contributed by atoms with van der Waals surface area (Å²) in [6.45, 7) is 4.49. The first-order valence-corrected chi connectivity index (χ1v) is 11.7. The fourth-order valence-corrected chi connectivity index (χ4v) is 4.12. The summed E-state index contributed by atoms with van der Waals surface area (Å²) in [5, 5.41) is 6.11. The van der Waals surface area contributed by atoms with Gasteiger partial charge in [-0.15, -0.1) is 0 Å². The summed E-state index contributed by atoms with van der Waals surface area (Å²) in [5.74, 6) is -0.154. The number of carbonyl (C=O) groups is 2. The number of nitrogens with one attached hydrogen (secondary N) is 2. The number of allylic oxidation sites excluding steroid dienone is 4. The lowest BCUT2D eigenvalue weighted by atomic mass is 9.95. The second-order valence-corrected chi connectivity index (χ2v) is 8.34. The van der Waals surface area contributed by atoms with Gasteiger partial charge in [-0.3, -0.25) is 9.59 Å². The number of amides is 2. The molecule has 2 N–H and O–H groups in total. The smallest absolute Gasteiger partial charge is 0.251 e. The topological polar surface area (TPSA) is 58.2 Å². The molecule has 168 valence electrons. The maximum Gasteiger partial charge on any atom is 0.251 e. The van der Waals surface area contributed by atoms with Gasteiger partial charge in [-0.25, -0.2) is 0 Å². The summed E-state index contributed by atoms with van der Waals surface area (Å²) >= 11 is 0. The first kappa shape index (κ1) is 23.5. The van der Waals surface area contributed by atoms with Crippen molar-refractivity contribution in [1.82, 2.24) is 10.6 Å². The van der Waals surface area contributed by atoms with Crippen LogP contribution >= 0.6 is 0 Å². The minimum absolute atomic E-state index is 0.0299. The van der Waals surface area contributed by atoms with Crippen molar-refractivity contribution in [3.8, 4) is 0 Å². The van der Waals surface area contributed by atoms with Crippen LogP contribution in [0, 0.1) is 0 Å². The van der Waals surface area contributed by atoms with E-state index in [0.717, 1.165) is 36.0 Å². The Bertz CT molecular complexity index is 967. The molecule has 0 bridgehead atoms. The highest BCUT2D eigenvalue weighted by Gasteiger charge is 2.17. The Morgan fingerprint density at radius 2 is 1.66 bits per heavy atom. The van der Waals surface area contributed by atoms with Crippen molar-refractivity contribution in [3.05, 3.63) is 89.0 Å². The Morgan fingerprint density at radius 1 is 0.938 bits per heavy atom. The normalized spacial score (nSPS) is 15.0. The van der Waals surface area contributed by atoms with Gasteiger partial charge in [-0.2, -0.15) is 0 Å². The summed E-state index contributed by atoms with van der Waals surface area (Å²) in [7, 11) is 0. The number of hydrogen-bond donors (Lipinski definition) is 2. The Hall–Kier alpha value is -3.14. The molecule has 0 heterocycles. The molecule has 0 radical (unpaired) electrons. The number of benzene rings is 2. The van der Waals surface area contributed by atoms with Crippen molar-refractivity contribution in [1.29, 1.82) is 0 Å². The number of hydrogen-bond acceptors (Lipinski definition) is 2.